The molecular weight excluding hydrogens is 286 g/mol. The van der Waals surface area contributed by atoms with Crippen LogP contribution in [0, 0.1) is 6.92 Å². The average molecular weight is 309 g/mol. The second-order valence-electron chi connectivity index (χ2n) is 5.75. The maximum Gasteiger partial charge on any atom is 0.346 e. The van der Waals surface area contributed by atoms with Crippen LogP contribution in [0.15, 0.2) is 4.52 Å². The van der Waals surface area contributed by atoms with Gasteiger partial charge >= 0.3 is 5.97 Å². The quantitative estimate of drug-likeness (QED) is 0.650. The number of hydrogen-bond donors (Lipinski definition) is 2. The summed E-state index contributed by atoms with van der Waals surface area (Å²) in [6.45, 7) is 3.13. The highest BCUT2D eigenvalue weighted by molar-refractivity contribution is 5.96. The number of aromatic nitrogens is 1. The molecule has 1 saturated carbocycles. The van der Waals surface area contributed by atoms with Gasteiger partial charge in [-0.25, -0.2) is 4.79 Å². The minimum Gasteiger partial charge on any atom is -0.449 e. The Morgan fingerprint density at radius 3 is 2.50 bits per heavy atom. The van der Waals surface area contributed by atoms with Gasteiger partial charge < -0.3 is 20.3 Å². The van der Waals surface area contributed by atoms with Crippen molar-refractivity contribution in [3.05, 3.63) is 11.3 Å². The number of hydrogen-bond acceptors (Lipinski definition) is 6. The summed E-state index contributed by atoms with van der Waals surface area (Å²) in [7, 11) is 0. The molecule has 0 spiro atoms. The number of nitrogens with two attached hydrogens (primary N) is 1. The molecule has 0 saturated heterocycles. The lowest BCUT2D eigenvalue weighted by Gasteiger charge is -2.19. The second kappa shape index (κ2) is 7.29. The second-order valence-corrected chi connectivity index (χ2v) is 5.75. The highest BCUT2D eigenvalue weighted by Crippen LogP contribution is 2.19. The molecule has 1 heterocycles. The summed E-state index contributed by atoms with van der Waals surface area (Å²) in [5.74, 6) is -1.08. The summed E-state index contributed by atoms with van der Waals surface area (Å²) in [6.07, 6.45) is 5.73. The van der Waals surface area contributed by atoms with Crippen LogP contribution in [0.2, 0.25) is 0 Å². The van der Waals surface area contributed by atoms with Crippen molar-refractivity contribution in [3.63, 3.8) is 0 Å². The Morgan fingerprint density at radius 2 is 1.95 bits per heavy atom. The van der Waals surface area contributed by atoms with E-state index in [9.17, 15) is 9.59 Å². The van der Waals surface area contributed by atoms with Crippen LogP contribution in [0.3, 0.4) is 0 Å². The zero-order chi connectivity index (χ0) is 16.1. The number of rotatable bonds is 4. The first-order valence-corrected chi connectivity index (χ1v) is 7.72. The molecule has 3 N–H and O–H groups in total. The number of carbonyl (C=O) groups is 2. The number of aryl methyl sites for hydroxylation is 1. The smallest absolute Gasteiger partial charge is 0.346 e. The Hall–Kier alpha value is -2.05. The lowest BCUT2D eigenvalue weighted by molar-refractivity contribution is -0.129. The summed E-state index contributed by atoms with van der Waals surface area (Å²) in [5, 5.41) is 6.54. The lowest BCUT2D eigenvalue weighted by atomic mass is 10.1. The minimum atomic E-state index is -0.885. The first-order chi connectivity index (χ1) is 10.5. The Bertz CT molecular complexity index is 513. The van der Waals surface area contributed by atoms with Crippen LogP contribution in [0.25, 0.3) is 0 Å². The maximum atomic E-state index is 12.1. The van der Waals surface area contributed by atoms with Crippen LogP contribution in [-0.4, -0.2) is 29.2 Å². The van der Waals surface area contributed by atoms with Gasteiger partial charge in [-0.3, -0.25) is 4.79 Å². The first kappa shape index (κ1) is 16.3. The largest absolute Gasteiger partial charge is 0.449 e. The fourth-order valence-corrected chi connectivity index (χ4v) is 2.65. The molecule has 1 aliphatic carbocycles. The summed E-state index contributed by atoms with van der Waals surface area (Å²) in [4.78, 5) is 24.2. The number of nitrogen functional groups attached to an aromatic ring is 1. The molecule has 22 heavy (non-hydrogen) atoms. The van der Waals surface area contributed by atoms with Crippen LogP contribution in [0.1, 0.15) is 61.5 Å². The van der Waals surface area contributed by atoms with Crippen molar-refractivity contribution >= 4 is 17.8 Å². The SMILES string of the molecule is Cc1noc(N)c1C(=O)O[C@H](C)C(=O)NC1CCCCCC1. The Morgan fingerprint density at radius 1 is 1.32 bits per heavy atom. The van der Waals surface area contributed by atoms with Crippen molar-refractivity contribution in [2.24, 2.45) is 0 Å². The van der Waals surface area contributed by atoms with E-state index in [0.717, 1.165) is 25.7 Å². The number of nitrogens with one attached hydrogen (secondary N) is 1. The molecular formula is C15H23N3O4. The van der Waals surface area contributed by atoms with Gasteiger partial charge in [-0.1, -0.05) is 30.8 Å². The van der Waals surface area contributed by atoms with Gasteiger partial charge in [0.15, 0.2) is 6.10 Å². The third-order valence-corrected chi connectivity index (χ3v) is 3.95. The van der Waals surface area contributed by atoms with Gasteiger partial charge in [0.05, 0.1) is 5.69 Å². The first-order valence-electron chi connectivity index (χ1n) is 7.72. The number of carbonyl (C=O) groups excluding carboxylic acids is 2. The number of esters is 1. The lowest BCUT2D eigenvalue weighted by Crippen LogP contribution is -2.41. The molecule has 0 unspecified atom stereocenters. The minimum absolute atomic E-state index is 0.0779. The van der Waals surface area contributed by atoms with E-state index in [1.165, 1.54) is 12.8 Å². The zero-order valence-corrected chi connectivity index (χ0v) is 13.1. The molecule has 0 aliphatic heterocycles. The van der Waals surface area contributed by atoms with Crippen LogP contribution < -0.4 is 11.1 Å². The molecule has 2 rings (SSSR count). The van der Waals surface area contributed by atoms with Crippen LogP contribution in [0.4, 0.5) is 5.88 Å². The number of amides is 1. The van der Waals surface area contributed by atoms with Gasteiger partial charge in [0.1, 0.15) is 5.56 Å². The third kappa shape index (κ3) is 3.99. The Kier molecular flexibility index (Phi) is 5.41. The van der Waals surface area contributed by atoms with Crippen molar-refractivity contribution in [2.45, 2.75) is 64.5 Å². The van der Waals surface area contributed by atoms with Gasteiger partial charge in [0.2, 0.25) is 5.88 Å². The number of ether oxygens (including phenoxy) is 1. The molecule has 122 valence electrons. The maximum absolute atomic E-state index is 12.1. The number of anilines is 1. The van der Waals surface area contributed by atoms with Gasteiger partial charge in [-0.15, -0.1) is 0 Å². The van der Waals surface area contributed by atoms with Gasteiger partial charge in [-0.2, -0.15) is 0 Å². The topological polar surface area (TPSA) is 107 Å². The standard InChI is InChI=1S/C15H23N3O4/c1-9-12(13(16)22-18-9)15(20)21-10(2)14(19)17-11-7-5-3-4-6-8-11/h10-11H,3-8,16H2,1-2H3,(H,17,19)/t10-/m1/s1. The fraction of sp³-hybridized carbons (Fsp3) is 0.667. The molecule has 0 bridgehead atoms. The van der Waals surface area contributed by atoms with Crippen LogP contribution >= 0.6 is 0 Å². The molecule has 0 radical (unpaired) electrons. The van der Waals surface area contributed by atoms with E-state index in [4.69, 9.17) is 15.0 Å². The van der Waals surface area contributed by atoms with Crippen molar-refractivity contribution in [1.82, 2.24) is 10.5 Å². The van der Waals surface area contributed by atoms with E-state index in [1.807, 2.05) is 0 Å². The van der Waals surface area contributed by atoms with Gasteiger partial charge in [0, 0.05) is 6.04 Å². The highest BCUT2D eigenvalue weighted by Gasteiger charge is 2.26. The molecule has 1 aromatic rings. The van der Waals surface area contributed by atoms with Crippen molar-refractivity contribution < 1.29 is 18.8 Å². The summed E-state index contributed by atoms with van der Waals surface area (Å²) in [6, 6.07) is 0.165. The fourth-order valence-electron chi connectivity index (χ4n) is 2.65. The van der Waals surface area contributed by atoms with Crippen molar-refractivity contribution in [1.29, 1.82) is 0 Å². The molecule has 7 heteroatoms. The molecule has 1 fully saturated rings. The zero-order valence-electron chi connectivity index (χ0n) is 13.1. The molecule has 1 atom stereocenters. The molecule has 0 aromatic carbocycles. The van der Waals surface area contributed by atoms with Crippen LogP contribution in [-0.2, 0) is 9.53 Å². The van der Waals surface area contributed by atoms with Crippen molar-refractivity contribution in [3.8, 4) is 0 Å². The van der Waals surface area contributed by atoms with E-state index in [0.29, 0.717) is 5.69 Å². The summed E-state index contributed by atoms with van der Waals surface area (Å²) < 4.78 is 9.88. The predicted octanol–water partition coefficient (Wildman–Crippen LogP) is 1.95. The Labute approximate surface area is 129 Å². The molecule has 1 aliphatic rings. The van der Waals surface area contributed by atoms with Crippen LogP contribution in [0.5, 0.6) is 0 Å². The molecule has 1 amide bonds. The summed E-state index contributed by atoms with van der Waals surface area (Å²) >= 11 is 0. The monoisotopic (exact) mass is 309 g/mol. The van der Waals surface area contributed by atoms with E-state index < -0.39 is 12.1 Å². The van der Waals surface area contributed by atoms with E-state index >= 15 is 0 Å². The van der Waals surface area contributed by atoms with E-state index in [2.05, 4.69) is 10.5 Å². The predicted molar refractivity (Wildman–Crippen MR) is 80.2 cm³/mol. The van der Waals surface area contributed by atoms with Gasteiger partial charge in [0.25, 0.3) is 5.91 Å². The summed E-state index contributed by atoms with van der Waals surface area (Å²) in [5.41, 5.74) is 5.95. The highest BCUT2D eigenvalue weighted by atomic mass is 16.5. The number of nitrogens with zero attached hydrogens (tertiary/aromatic N) is 1. The molecule has 7 nitrogen and oxygen atoms in total. The average Bonchev–Trinajstić information content (AvgIpc) is 2.67. The Balaban J connectivity index is 1.89. The molecule has 1 aromatic heterocycles. The van der Waals surface area contributed by atoms with Gasteiger partial charge in [-0.05, 0) is 26.7 Å². The van der Waals surface area contributed by atoms with E-state index in [-0.39, 0.29) is 23.4 Å². The normalized spacial score (nSPS) is 17.5. The van der Waals surface area contributed by atoms with Crippen molar-refractivity contribution in [2.75, 3.05) is 5.73 Å². The van der Waals surface area contributed by atoms with E-state index in [1.54, 1.807) is 13.8 Å². The third-order valence-electron chi connectivity index (χ3n) is 3.95.